The van der Waals surface area contributed by atoms with Crippen LogP contribution in [0.15, 0.2) is 59.0 Å². The predicted octanol–water partition coefficient (Wildman–Crippen LogP) is 5.03. The fourth-order valence-corrected chi connectivity index (χ4v) is 3.07. The van der Waals surface area contributed by atoms with E-state index < -0.39 is 0 Å². The fourth-order valence-electron chi connectivity index (χ4n) is 2.41. The normalized spacial score (nSPS) is 11.6. The molecule has 1 aromatic heterocycles. The molecule has 28 heavy (non-hydrogen) atoms. The number of thiazole rings is 1. The van der Waals surface area contributed by atoms with E-state index >= 15 is 0 Å². The van der Waals surface area contributed by atoms with E-state index in [0.29, 0.717) is 10.9 Å². The molecule has 0 saturated carbocycles. The first kappa shape index (κ1) is 19.4. The van der Waals surface area contributed by atoms with Crippen molar-refractivity contribution in [2.45, 2.75) is 6.92 Å². The van der Waals surface area contributed by atoms with Crippen molar-refractivity contribution in [3.05, 3.63) is 59.5 Å². The van der Waals surface area contributed by atoms with E-state index in [2.05, 4.69) is 15.5 Å². The van der Waals surface area contributed by atoms with Crippen LogP contribution in [0, 0.1) is 0 Å². The van der Waals surface area contributed by atoms with Crippen LogP contribution >= 0.6 is 11.3 Å². The Labute approximate surface area is 167 Å². The van der Waals surface area contributed by atoms with Gasteiger partial charge in [-0.3, -0.25) is 5.43 Å². The minimum Gasteiger partial charge on any atom is -0.504 e. The molecule has 1 heterocycles. The maximum Gasteiger partial charge on any atom is 0.203 e. The molecule has 7 heteroatoms. The number of nitrogens with zero attached hydrogens (tertiary/aromatic N) is 2. The van der Waals surface area contributed by atoms with Gasteiger partial charge < -0.3 is 14.6 Å². The third-order valence-electron chi connectivity index (χ3n) is 3.94. The molecule has 0 unspecified atom stereocenters. The number of nitrogens with one attached hydrogen (secondary N) is 1. The molecule has 2 N–H and O–H groups in total. The molecular weight excluding hydrogens is 374 g/mol. The van der Waals surface area contributed by atoms with Gasteiger partial charge in [0.05, 0.1) is 25.6 Å². The van der Waals surface area contributed by atoms with Gasteiger partial charge in [0.1, 0.15) is 5.75 Å². The number of hydrogen-bond donors (Lipinski definition) is 2. The monoisotopic (exact) mass is 395 g/mol. The predicted molar refractivity (Wildman–Crippen MR) is 115 cm³/mol. The standard InChI is InChI=1S/C21H21N3O3S/c1-14(4-5-15-6-11-19(25)20(12-15)27-3)23-24-21-22-18(13-28-21)16-7-9-17(26-2)10-8-16/h4-13,25H,1-3H3,(H,22,24)/b5-4+,23-14+. The number of rotatable bonds is 7. The topological polar surface area (TPSA) is 76.0 Å². The molecule has 3 aromatic rings. The lowest BCUT2D eigenvalue weighted by Crippen LogP contribution is -1.94. The van der Waals surface area contributed by atoms with E-state index in [9.17, 15) is 5.11 Å². The smallest absolute Gasteiger partial charge is 0.203 e. The molecule has 0 spiro atoms. The largest absolute Gasteiger partial charge is 0.504 e. The number of allylic oxidation sites excluding steroid dienone is 1. The second-order valence-electron chi connectivity index (χ2n) is 5.90. The van der Waals surface area contributed by atoms with E-state index in [1.165, 1.54) is 18.4 Å². The highest BCUT2D eigenvalue weighted by Crippen LogP contribution is 2.27. The van der Waals surface area contributed by atoms with Gasteiger partial charge in [-0.2, -0.15) is 5.10 Å². The van der Waals surface area contributed by atoms with Crippen molar-refractivity contribution in [1.82, 2.24) is 4.98 Å². The molecule has 0 aliphatic carbocycles. The Morgan fingerprint density at radius 3 is 2.64 bits per heavy atom. The van der Waals surface area contributed by atoms with E-state index in [1.807, 2.05) is 48.7 Å². The number of methoxy groups -OCH3 is 2. The van der Waals surface area contributed by atoms with Gasteiger partial charge in [-0.1, -0.05) is 12.1 Å². The van der Waals surface area contributed by atoms with Gasteiger partial charge in [-0.15, -0.1) is 11.3 Å². The summed E-state index contributed by atoms with van der Waals surface area (Å²) in [5.41, 5.74) is 6.57. The van der Waals surface area contributed by atoms with Gasteiger partial charge in [0.15, 0.2) is 11.5 Å². The van der Waals surface area contributed by atoms with Gasteiger partial charge in [0.2, 0.25) is 5.13 Å². The number of aromatic hydroxyl groups is 1. The average molecular weight is 395 g/mol. The zero-order valence-electron chi connectivity index (χ0n) is 15.8. The molecule has 3 rings (SSSR count). The summed E-state index contributed by atoms with van der Waals surface area (Å²) < 4.78 is 10.3. The summed E-state index contributed by atoms with van der Waals surface area (Å²) in [6.45, 7) is 1.89. The van der Waals surface area contributed by atoms with Crippen molar-refractivity contribution in [3.63, 3.8) is 0 Å². The number of phenols is 1. The van der Waals surface area contributed by atoms with Crippen LogP contribution in [0.1, 0.15) is 12.5 Å². The summed E-state index contributed by atoms with van der Waals surface area (Å²) in [6, 6.07) is 12.9. The Bertz CT molecular complexity index is 994. The number of hydrogen-bond acceptors (Lipinski definition) is 7. The molecule has 0 bridgehead atoms. The number of phenolic OH excluding ortho intramolecular Hbond substituents is 1. The number of hydrazone groups is 1. The first-order chi connectivity index (χ1) is 13.6. The summed E-state index contributed by atoms with van der Waals surface area (Å²) >= 11 is 1.49. The van der Waals surface area contributed by atoms with E-state index in [1.54, 1.807) is 25.3 Å². The van der Waals surface area contributed by atoms with E-state index in [-0.39, 0.29) is 5.75 Å². The third-order valence-corrected chi connectivity index (χ3v) is 4.69. The summed E-state index contributed by atoms with van der Waals surface area (Å²) in [5.74, 6) is 1.36. The molecule has 144 valence electrons. The van der Waals surface area contributed by atoms with Crippen LogP contribution in [0.5, 0.6) is 17.2 Å². The summed E-state index contributed by atoms with van der Waals surface area (Å²) in [4.78, 5) is 4.55. The summed E-state index contributed by atoms with van der Waals surface area (Å²) in [7, 11) is 3.17. The first-order valence-electron chi connectivity index (χ1n) is 8.54. The van der Waals surface area contributed by atoms with Crippen molar-refractivity contribution < 1.29 is 14.6 Å². The van der Waals surface area contributed by atoms with Crippen molar-refractivity contribution in [3.8, 4) is 28.5 Å². The molecule has 0 atom stereocenters. The zero-order chi connectivity index (χ0) is 19.9. The first-order valence-corrected chi connectivity index (χ1v) is 9.42. The van der Waals surface area contributed by atoms with Crippen molar-refractivity contribution in [1.29, 1.82) is 0 Å². The molecular formula is C21H21N3O3S. The van der Waals surface area contributed by atoms with Crippen molar-refractivity contribution >= 4 is 28.3 Å². The van der Waals surface area contributed by atoms with Crippen molar-refractivity contribution in [2.75, 3.05) is 19.6 Å². The molecule has 0 aliphatic rings. The van der Waals surface area contributed by atoms with Crippen LogP contribution < -0.4 is 14.9 Å². The molecule has 6 nitrogen and oxygen atoms in total. The van der Waals surface area contributed by atoms with Crippen LogP contribution in [0.2, 0.25) is 0 Å². The maximum atomic E-state index is 9.64. The second-order valence-corrected chi connectivity index (χ2v) is 6.75. The minimum absolute atomic E-state index is 0.114. The van der Waals surface area contributed by atoms with Crippen LogP contribution in [0.25, 0.3) is 17.3 Å². The summed E-state index contributed by atoms with van der Waals surface area (Å²) in [5, 5.41) is 16.7. The number of benzene rings is 2. The number of anilines is 1. The Hall–Kier alpha value is -3.32. The van der Waals surface area contributed by atoms with Crippen LogP contribution in [0.3, 0.4) is 0 Å². The Kier molecular flexibility index (Phi) is 6.29. The third kappa shape index (κ3) is 4.89. The lowest BCUT2D eigenvalue weighted by molar-refractivity contribution is 0.373. The molecule has 0 saturated heterocycles. The summed E-state index contributed by atoms with van der Waals surface area (Å²) in [6.07, 6.45) is 3.77. The molecule has 0 amide bonds. The SMILES string of the molecule is COc1ccc(-c2csc(N/N=C(C)/C=C/c3ccc(O)c(OC)c3)n2)cc1. The van der Waals surface area contributed by atoms with E-state index in [4.69, 9.17) is 9.47 Å². The van der Waals surface area contributed by atoms with Crippen LogP contribution in [-0.2, 0) is 0 Å². The maximum absolute atomic E-state index is 9.64. The second kappa shape index (κ2) is 9.05. The van der Waals surface area contributed by atoms with E-state index in [0.717, 1.165) is 28.3 Å². The van der Waals surface area contributed by atoms with Gasteiger partial charge in [0.25, 0.3) is 0 Å². The Morgan fingerprint density at radius 2 is 1.93 bits per heavy atom. The minimum atomic E-state index is 0.114. The lowest BCUT2D eigenvalue weighted by Gasteiger charge is -2.03. The Balaban J connectivity index is 1.64. The van der Waals surface area contributed by atoms with Gasteiger partial charge in [-0.05, 0) is 55.0 Å². The molecule has 0 fully saturated rings. The number of aromatic nitrogens is 1. The lowest BCUT2D eigenvalue weighted by atomic mass is 10.2. The zero-order valence-corrected chi connectivity index (χ0v) is 16.7. The fraction of sp³-hybridized carbons (Fsp3) is 0.143. The quantitative estimate of drug-likeness (QED) is 0.433. The molecule has 0 aliphatic heterocycles. The van der Waals surface area contributed by atoms with Crippen molar-refractivity contribution in [2.24, 2.45) is 5.10 Å². The number of ether oxygens (including phenoxy) is 2. The van der Waals surface area contributed by atoms with Crippen LogP contribution in [0.4, 0.5) is 5.13 Å². The molecule has 0 radical (unpaired) electrons. The van der Waals surface area contributed by atoms with Gasteiger partial charge in [0, 0.05) is 10.9 Å². The van der Waals surface area contributed by atoms with Crippen LogP contribution in [-0.4, -0.2) is 30.0 Å². The highest BCUT2D eigenvalue weighted by Gasteiger charge is 2.04. The molecule has 2 aromatic carbocycles. The van der Waals surface area contributed by atoms with Gasteiger partial charge >= 0.3 is 0 Å². The van der Waals surface area contributed by atoms with Gasteiger partial charge in [-0.25, -0.2) is 4.98 Å². The highest BCUT2D eigenvalue weighted by molar-refractivity contribution is 7.14. The average Bonchev–Trinajstić information content (AvgIpc) is 3.20. The highest BCUT2D eigenvalue weighted by atomic mass is 32.1. The Morgan fingerprint density at radius 1 is 1.14 bits per heavy atom.